The molecular formula is C24H30N2O7S. The average Bonchev–Trinajstić information content (AvgIpc) is 3.08. The molecule has 3 rings (SSSR count). The smallest absolute Gasteiger partial charge is 0.411 e. The van der Waals surface area contributed by atoms with Gasteiger partial charge in [0.15, 0.2) is 0 Å². The van der Waals surface area contributed by atoms with E-state index in [2.05, 4.69) is 10.0 Å². The first-order valence-electron chi connectivity index (χ1n) is 11.0. The molecule has 0 aliphatic rings. The summed E-state index contributed by atoms with van der Waals surface area (Å²) in [4.78, 5) is 24.2. The Bertz CT molecular complexity index is 1320. The van der Waals surface area contributed by atoms with Crippen LogP contribution < -0.4 is 10.0 Å². The summed E-state index contributed by atoms with van der Waals surface area (Å²) >= 11 is 0. The number of hydrogen-bond donors (Lipinski definition) is 2. The third-order valence-corrected chi connectivity index (χ3v) is 6.32. The molecule has 9 nitrogen and oxygen atoms in total. The number of furan rings is 1. The molecule has 0 saturated carbocycles. The molecule has 0 spiro atoms. The van der Waals surface area contributed by atoms with Crippen molar-refractivity contribution in [2.45, 2.75) is 58.1 Å². The monoisotopic (exact) mass is 490 g/mol. The molecule has 184 valence electrons. The Morgan fingerprint density at radius 3 is 2.35 bits per heavy atom. The number of anilines is 1. The lowest BCUT2D eigenvalue weighted by Crippen LogP contribution is -2.47. The maximum atomic E-state index is 13.1. The van der Waals surface area contributed by atoms with E-state index in [0.29, 0.717) is 27.6 Å². The number of benzene rings is 2. The number of sulfonamides is 1. The molecular weight excluding hydrogens is 460 g/mol. The predicted octanol–water partition coefficient (Wildman–Crippen LogP) is 4.80. The standard InChI is InChI=1S/C24H30N2O7S/c1-7-31-23(28)25-15-8-11-19-18(12-15)17-10-9-16(13-20(17)32-19)34(29,30)26-21(14(2)3)22(27)33-24(4,5)6/h8-14,21,26H,7H2,1-6H3,(H,25,28)/t21-/m0/s1. The molecule has 0 aliphatic carbocycles. The van der Waals surface area contributed by atoms with Gasteiger partial charge >= 0.3 is 12.1 Å². The van der Waals surface area contributed by atoms with Crippen molar-refractivity contribution in [1.82, 2.24) is 4.72 Å². The molecule has 10 heteroatoms. The van der Waals surface area contributed by atoms with Crippen LogP contribution in [0.5, 0.6) is 0 Å². The van der Waals surface area contributed by atoms with Crippen molar-refractivity contribution >= 4 is 49.7 Å². The zero-order valence-corrected chi connectivity index (χ0v) is 20.9. The van der Waals surface area contributed by atoms with Gasteiger partial charge in [-0.2, -0.15) is 4.72 Å². The third kappa shape index (κ3) is 5.87. The highest BCUT2D eigenvalue weighted by molar-refractivity contribution is 7.89. The highest BCUT2D eigenvalue weighted by Crippen LogP contribution is 2.32. The molecule has 2 aromatic carbocycles. The Kier molecular flexibility index (Phi) is 7.23. The summed E-state index contributed by atoms with van der Waals surface area (Å²) in [5, 5.41) is 4.01. The van der Waals surface area contributed by atoms with Crippen LogP contribution in [-0.2, 0) is 24.3 Å². The number of carbonyl (C=O) groups is 2. The molecule has 3 aromatic rings. The summed E-state index contributed by atoms with van der Waals surface area (Å²) in [6.07, 6.45) is -0.571. The lowest BCUT2D eigenvalue weighted by atomic mass is 10.1. The zero-order chi connectivity index (χ0) is 25.3. The fraction of sp³-hybridized carbons (Fsp3) is 0.417. The number of esters is 1. The predicted molar refractivity (Wildman–Crippen MR) is 129 cm³/mol. The van der Waals surface area contributed by atoms with Gasteiger partial charge in [-0.1, -0.05) is 13.8 Å². The van der Waals surface area contributed by atoms with Crippen LogP contribution in [0.4, 0.5) is 10.5 Å². The molecule has 34 heavy (non-hydrogen) atoms. The summed E-state index contributed by atoms with van der Waals surface area (Å²) in [5.74, 6) is -0.970. The largest absolute Gasteiger partial charge is 0.459 e. The quantitative estimate of drug-likeness (QED) is 0.456. The van der Waals surface area contributed by atoms with E-state index in [4.69, 9.17) is 13.9 Å². The van der Waals surface area contributed by atoms with E-state index in [1.807, 2.05) is 0 Å². The molecule has 0 radical (unpaired) electrons. The second-order valence-electron chi connectivity index (χ2n) is 9.19. The number of ether oxygens (including phenoxy) is 2. The summed E-state index contributed by atoms with van der Waals surface area (Å²) < 4.78 is 44.8. The number of amides is 1. The van der Waals surface area contributed by atoms with Gasteiger partial charge < -0.3 is 13.9 Å². The fourth-order valence-corrected chi connectivity index (χ4v) is 4.69. The van der Waals surface area contributed by atoms with E-state index in [9.17, 15) is 18.0 Å². The molecule has 2 N–H and O–H groups in total. The lowest BCUT2D eigenvalue weighted by molar-refractivity contribution is -0.158. The van der Waals surface area contributed by atoms with Crippen LogP contribution in [0.3, 0.4) is 0 Å². The van der Waals surface area contributed by atoms with E-state index < -0.39 is 33.7 Å². The van der Waals surface area contributed by atoms with E-state index in [-0.39, 0.29) is 17.4 Å². The van der Waals surface area contributed by atoms with Crippen LogP contribution >= 0.6 is 0 Å². The highest BCUT2D eigenvalue weighted by Gasteiger charge is 2.32. The molecule has 0 unspecified atom stereocenters. The Balaban J connectivity index is 1.92. The zero-order valence-electron chi connectivity index (χ0n) is 20.1. The fourth-order valence-electron chi connectivity index (χ4n) is 3.34. The molecule has 1 atom stereocenters. The van der Waals surface area contributed by atoms with Gasteiger partial charge in [0.05, 0.1) is 11.5 Å². The van der Waals surface area contributed by atoms with Gasteiger partial charge in [-0.15, -0.1) is 0 Å². The molecule has 1 amide bonds. The Hall–Kier alpha value is -3.11. The number of carbonyl (C=O) groups excluding carboxylic acids is 2. The third-order valence-electron chi connectivity index (χ3n) is 4.88. The molecule has 0 fully saturated rings. The first kappa shape index (κ1) is 25.5. The summed E-state index contributed by atoms with van der Waals surface area (Å²) in [5.41, 5.74) is 0.651. The van der Waals surface area contributed by atoms with Crippen molar-refractivity contribution in [3.8, 4) is 0 Å². The van der Waals surface area contributed by atoms with Crippen LogP contribution in [-0.4, -0.2) is 38.7 Å². The number of nitrogens with one attached hydrogen (secondary N) is 2. The van der Waals surface area contributed by atoms with Crippen molar-refractivity contribution in [2.24, 2.45) is 5.92 Å². The molecule has 0 saturated heterocycles. The topological polar surface area (TPSA) is 124 Å². The van der Waals surface area contributed by atoms with Crippen LogP contribution in [0.2, 0.25) is 0 Å². The number of fused-ring (bicyclic) bond motifs is 3. The maximum absolute atomic E-state index is 13.1. The van der Waals surface area contributed by atoms with Gasteiger partial charge in [-0.25, -0.2) is 13.2 Å². The Morgan fingerprint density at radius 1 is 1.03 bits per heavy atom. The first-order valence-corrected chi connectivity index (χ1v) is 12.4. The lowest BCUT2D eigenvalue weighted by Gasteiger charge is -2.26. The van der Waals surface area contributed by atoms with E-state index in [0.717, 1.165) is 0 Å². The molecule has 0 bridgehead atoms. The second-order valence-corrected chi connectivity index (χ2v) is 10.9. The van der Waals surface area contributed by atoms with Gasteiger partial charge in [0.2, 0.25) is 10.0 Å². The van der Waals surface area contributed by atoms with E-state index in [1.54, 1.807) is 65.8 Å². The van der Waals surface area contributed by atoms with Crippen molar-refractivity contribution in [1.29, 1.82) is 0 Å². The molecule has 0 aliphatic heterocycles. The van der Waals surface area contributed by atoms with Gasteiger partial charge in [-0.3, -0.25) is 10.1 Å². The number of rotatable bonds is 7. The average molecular weight is 491 g/mol. The minimum Gasteiger partial charge on any atom is -0.459 e. The minimum absolute atomic E-state index is 0.0434. The van der Waals surface area contributed by atoms with Gasteiger partial charge in [-0.05, 0) is 63.9 Å². The van der Waals surface area contributed by atoms with Gasteiger partial charge in [0, 0.05) is 22.5 Å². The first-order chi connectivity index (χ1) is 15.8. The van der Waals surface area contributed by atoms with Crippen LogP contribution in [0.25, 0.3) is 21.9 Å². The maximum Gasteiger partial charge on any atom is 0.411 e. The van der Waals surface area contributed by atoms with Crippen molar-refractivity contribution in [2.75, 3.05) is 11.9 Å². The SMILES string of the molecule is CCOC(=O)Nc1ccc2oc3cc(S(=O)(=O)N[C@H](C(=O)OC(C)(C)C)C(C)C)ccc3c2c1. The van der Waals surface area contributed by atoms with Crippen LogP contribution in [0.15, 0.2) is 45.7 Å². The Labute approximate surface area is 198 Å². The summed E-state index contributed by atoms with van der Waals surface area (Å²) in [7, 11) is -4.05. The van der Waals surface area contributed by atoms with Crippen LogP contribution in [0.1, 0.15) is 41.5 Å². The minimum atomic E-state index is -4.05. The molecule has 1 aromatic heterocycles. The van der Waals surface area contributed by atoms with Gasteiger partial charge in [0.1, 0.15) is 22.8 Å². The number of hydrogen-bond acceptors (Lipinski definition) is 7. The van der Waals surface area contributed by atoms with E-state index in [1.165, 1.54) is 12.1 Å². The van der Waals surface area contributed by atoms with Crippen LogP contribution in [0, 0.1) is 5.92 Å². The summed E-state index contributed by atoms with van der Waals surface area (Å²) in [6.45, 7) is 10.6. The van der Waals surface area contributed by atoms with Crippen molar-refractivity contribution < 1.29 is 31.9 Å². The van der Waals surface area contributed by atoms with Gasteiger partial charge in [0.25, 0.3) is 0 Å². The summed E-state index contributed by atoms with van der Waals surface area (Å²) in [6, 6.07) is 8.49. The van der Waals surface area contributed by atoms with Crippen molar-refractivity contribution in [3.05, 3.63) is 36.4 Å². The van der Waals surface area contributed by atoms with Crippen molar-refractivity contribution in [3.63, 3.8) is 0 Å². The normalized spacial score (nSPS) is 13.3. The molecule has 1 heterocycles. The Morgan fingerprint density at radius 2 is 1.74 bits per heavy atom. The second kappa shape index (κ2) is 9.63. The van der Waals surface area contributed by atoms with E-state index >= 15 is 0 Å². The highest BCUT2D eigenvalue weighted by atomic mass is 32.2.